The molecule has 0 aliphatic heterocycles. The molecule has 124 valence electrons. The maximum atomic E-state index is 9.56. The normalized spacial score (nSPS) is 10.4. The molecule has 0 aliphatic carbocycles. The van der Waals surface area contributed by atoms with Gasteiger partial charge < -0.3 is 18.1 Å². The average molecular weight is 351 g/mol. The van der Waals surface area contributed by atoms with Gasteiger partial charge in [0.25, 0.3) is 0 Å². The van der Waals surface area contributed by atoms with Gasteiger partial charge in [0.1, 0.15) is 0 Å². The highest BCUT2D eigenvalue weighted by molar-refractivity contribution is 6.92. The van der Waals surface area contributed by atoms with E-state index in [0.717, 1.165) is 10.4 Å². The van der Waals surface area contributed by atoms with Crippen LogP contribution in [0, 0.1) is 0 Å². The van der Waals surface area contributed by atoms with E-state index in [1.807, 2.05) is 36.4 Å². The van der Waals surface area contributed by atoms with E-state index in [-0.39, 0.29) is 0 Å². The Bertz CT molecular complexity index is 532. The Labute approximate surface area is 139 Å². The maximum Gasteiger partial charge on any atom is 0.764 e. The van der Waals surface area contributed by atoms with Crippen molar-refractivity contribution in [2.45, 2.75) is 6.92 Å². The van der Waals surface area contributed by atoms with Crippen molar-refractivity contribution in [3.63, 3.8) is 0 Å². The largest absolute Gasteiger partial charge is 0.764 e. The summed E-state index contributed by atoms with van der Waals surface area (Å²) in [6.45, 7) is 1.98. The van der Waals surface area contributed by atoms with Crippen molar-refractivity contribution in [2.24, 2.45) is 0 Å². The minimum absolute atomic E-state index is 0.314. The molecular formula is C16H22O5Si2. The molecule has 0 spiro atoms. The quantitative estimate of drug-likeness (QED) is 0.787. The molecule has 5 nitrogen and oxygen atoms in total. The van der Waals surface area contributed by atoms with Gasteiger partial charge in [-0.3, -0.25) is 4.46 Å². The highest BCUT2D eigenvalue weighted by Gasteiger charge is 2.40. The molecule has 0 unspecified atom stereocenters. The van der Waals surface area contributed by atoms with Crippen LogP contribution in [0.4, 0.5) is 0 Å². The van der Waals surface area contributed by atoms with E-state index in [1.165, 1.54) is 0 Å². The number of rotatable bonds is 6. The summed E-state index contributed by atoms with van der Waals surface area (Å²) in [6, 6.07) is 20.3. The molecule has 0 heterocycles. The molecule has 0 amide bonds. The zero-order chi connectivity index (χ0) is 17.1. The van der Waals surface area contributed by atoms with Crippen LogP contribution in [0.25, 0.3) is 0 Å². The monoisotopic (exact) mass is 350 g/mol. The lowest BCUT2D eigenvalue weighted by Gasteiger charge is -2.27. The van der Waals surface area contributed by atoms with E-state index in [2.05, 4.69) is 28.7 Å². The molecule has 0 aliphatic rings. The van der Waals surface area contributed by atoms with E-state index in [1.54, 1.807) is 21.1 Å². The fourth-order valence-electron chi connectivity index (χ4n) is 2.16. The van der Waals surface area contributed by atoms with Gasteiger partial charge in [0.2, 0.25) is 0 Å². The van der Waals surface area contributed by atoms with Gasteiger partial charge >= 0.3 is 17.7 Å². The second-order valence-corrected chi connectivity index (χ2v) is 8.48. The van der Waals surface area contributed by atoms with Crippen LogP contribution in [0.5, 0.6) is 0 Å². The summed E-state index contributed by atoms with van der Waals surface area (Å²) in [6.07, 6.45) is 0. The highest BCUT2D eigenvalue weighted by atomic mass is 28.4. The third-order valence-electron chi connectivity index (χ3n) is 3.15. The minimum atomic E-state index is -2.64. The second kappa shape index (κ2) is 10.1. The first kappa shape index (κ1) is 19.2. The van der Waals surface area contributed by atoms with Crippen LogP contribution in [0.1, 0.15) is 6.92 Å². The smallest absolute Gasteiger partial charge is 0.511 e. The lowest BCUT2D eigenvalue weighted by molar-refractivity contribution is 0.236. The molecule has 0 radical (unpaired) electrons. The summed E-state index contributed by atoms with van der Waals surface area (Å²) >= 11 is 0. The minimum Gasteiger partial charge on any atom is -0.511 e. The Morgan fingerprint density at radius 1 is 0.913 bits per heavy atom. The van der Waals surface area contributed by atoms with Crippen LogP contribution >= 0.6 is 0 Å². The lowest BCUT2D eigenvalue weighted by atomic mass is 10.4. The van der Waals surface area contributed by atoms with Crippen molar-refractivity contribution in [1.82, 2.24) is 0 Å². The Morgan fingerprint density at radius 3 is 1.52 bits per heavy atom. The molecule has 0 saturated carbocycles. The van der Waals surface area contributed by atoms with Crippen LogP contribution in [-0.4, -0.2) is 43.4 Å². The molecular weight excluding hydrogens is 328 g/mol. The number of benzene rings is 2. The van der Waals surface area contributed by atoms with Gasteiger partial charge in [0, 0.05) is 14.2 Å². The summed E-state index contributed by atoms with van der Waals surface area (Å²) in [5.41, 5.74) is 0. The van der Waals surface area contributed by atoms with E-state index in [9.17, 15) is 4.46 Å². The van der Waals surface area contributed by atoms with Crippen molar-refractivity contribution < 1.29 is 22.5 Å². The molecule has 2 rings (SSSR count). The fraction of sp³-hybridized carbons (Fsp3) is 0.250. The summed E-state index contributed by atoms with van der Waals surface area (Å²) in [4.78, 5) is 7.88. The SMILES string of the molecule is CCO[Si](=O)O.CO[Si](OC)(c1ccccc1)c1ccccc1. The third kappa shape index (κ3) is 5.40. The van der Waals surface area contributed by atoms with Crippen molar-refractivity contribution in [2.75, 3.05) is 20.8 Å². The number of hydrogen-bond acceptors (Lipinski definition) is 4. The predicted molar refractivity (Wildman–Crippen MR) is 92.2 cm³/mol. The van der Waals surface area contributed by atoms with Gasteiger partial charge in [-0.15, -0.1) is 0 Å². The Morgan fingerprint density at radius 2 is 1.30 bits per heavy atom. The molecule has 0 saturated heterocycles. The van der Waals surface area contributed by atoms with E-state index in [0.29, 0.717) is 6.61 Å². The molecule has 0 aromatic heterocycles. The Balaban J connectivity index is 0.000000379. The lowest BCUT2D eigenvalue weighted by Crippen LogP contribution is -2.62. The summed E-state index contributed by atoms with van der Waals surface area (Å²) in [5, 5.41) is 2.24. The fourth-order valence-corrected chi connectivity index (χ4v) is 5.11. The van der Waals surface area contributed by atoms with Gasteiger partial charge in [0.15, 0.2) is 0 Å². The molecule has 2 aromatic carbocycles. The average Bonchev–Trinajstić information content (AvgIpc) is 2.59. The van der Waals surface area contributed by atoms with Gasteiger partial charge in [-0.05, 0) is 17.3 Å². The molecule has 2 aromatic rings. The summed E-state index contributed by atoms with van der Waals surface area (Å²) < 4.78 is 25.3. The first-order valence-corrected chi connectivity index (χ1v) is 10.3. The van der Waals surface area contributed by atoms with Gasteiger partial charge in [0.05, 0.1) is 6.61 Å². The third-order valence-corrected chi connectivity index (χ3v) is 7.02. The zero-order valence-electron chi connectivity index (χ0n) is 13.6. The van der Waals surface area contributed by atoms with Gasteiger partial charge in [-0.2, -0.15) is 0 Å². The second-order valence-electron chi connectivity index (χ2n) is 4.46. The maximum absolute atomic E-state index is 9.56. The van der Waals surface area contributed by atoms with Gasteiger partial charge in [-0.1, -0.05) is 60.7 Å². The van der Waals surface area contributed by atoms with Gasteiger partial charge in [-0.25, -0.2) is 0 Å². The van der Waals surface area contributed by atoms with Crippen molar-refractivity contribution in [3.05, 3.63) is 60.7 Å². The molecule has 1 N–H and O–H groups in total. The first-order valence-electron chi connectivity index (χ1n) is 7.17. The zero-order valence-corrected chi connectivity index (χ0v) is 15.6. The van der Waals surface area contributed by atoms with Crippen molar-refractivity contribution in [1.29, 1.82) is 0 Å². The Kier molecular flexibility index (Phi) is 8.42. The van der Waals surface area contributed by atoms with Crippen LogP contribution in [0.2, 0.25) is 0 Å². The van der Waals surface area contributed by atoms with E-state index in [4.69, 9.17) is 13.6 Å². The Hall–Kier alpha value is -1.81. The molecule has 23 heavy (non-hydrogen) atoms. The predicted octanol–water partition coefficient (Wildman–Crippen LogP) is 0.966. The van der Waals surface area contributed by atoms with Crippen LogP contribution < -0.4 is 10.4 Å². The van der Waals surface area contributed by atoms with Crippen LogP contribution in [-0.2, 0) is 17.7 Å². The standard InChI is InChI=1S/C14H16O2Si.C2H6O3Si/c1-15-17(16-2,13-9-5-3-6-10-13)14-11-7-4-8-12-14;1-2-5-6(3)4/h3-12H,1-2H3;3H,2H2,1H3. The van der Waals surface area contributed by atoms with Crippen molar-refractivity contribution >= 4 is 28.1 Å². The number of hydrogen-bond donors (Lipinski definition) is 1. The van der Waals surface area contributed by atoms with E-state index >= 15 is 0 Å². The highest BCUT2D eigenvalue weighted by Crippen LogP contribution is 2.07. The molecule has 0 fully saturated rings. The molecule has 7 heteroatoms. The first-order chi connectivity index (χ1) is 11.1. The van der Waals surface area contributed by atoms with Crippen LogP contribution in [0.3, 0.4) is 0 Å². The summed E-state index contributed by atoms with van der Waals surface area (Å²) in [7, 11) is -1.70. The summed E-state index contributed by atoms with van der Waals surface area (Å²) in [5.74, 6) is 0. The van der Waals surface area contributed by atoms with Crippen molar-refractivity contribution in [3.8, 4) is 0 Å². The van der Waals surface area contributed by atoms with Crippen LogP contribution in [0.15, 0.2) is 60.7 Å². The molecule has 0 atom stereocenters. The molecule has 0 bridgehead atoms. The van der Waals surface area contributed by atoms with E-state index < -0.39 is 17.7 Å². The topological polar surface area (TPSA) is 65.0 Å².